The zero-order chi connectivity index (χ0) is 17.8. The van der Waals surface area contributed by atoms with Gasteiger partial charge in [-0.15, -0.1) is 0 Å². The molecule has 1 N–H and O–H groups in total. The third kappa shape index (κ3) is 2.16. The van der Waals surface area contributed by atoms with E-state index in [4.69, 9.17) is 14.7 Å². The summed E-state index contributed by atoms with van der Waals surface area (Å²) >= 11 is 3.09. The number of nitrogens with zero attached hydrogens (tertiary/aromatic N) is 2. The highest BCUT2D eigenvalue weighted by atomic mass is 32.1. The average Bonchev–Trinajstić information content (AvgIpc) is 2.96. The number of thiocyanates is 1. The minimum absolute atomic E-state index is 0.00625. The number of hydrogen-bond donors (Lipinski definition) is 2. The molecule has 1 aromatic rings. The first-order valence-electron chi connectivity index (χ1n) is 8.87. The van der Waals surface area contributed by atoms with Gasteiger partial charge in [0, 0.05) is 17.0 Å². The predicted molar refractivity (Wildman–Crippen MR) is 97.2 cm³/mol. The van der Waals surface area contributed by atoms with E-state index >= 15 is 0 Å². The van der Waals surface area contributed by atoms with Gasteiger partial charge in [0.25, 0.3) is 0 Å². The SMILES string of the molecule is COc1ccc2c3c1O[C@H]1[C@@H](O)CC[C@H]4[C@@H](C2)N(C)CC[C@@]341.N#CS. The number of rotatable bonds is 1. The van der Waals surface area contributed by atoms with Crippen molar-refractivity contribution in [3.8, 4) is 16.9 Å². The average molecular weight is 360 g/mol. The lowest BCUT2D eigenvalue weighted by molar-refractivity contribution is -0.0993. The number of aliphatic hydroxyl groups excluding tert-OH is 1. The van der Waals surface area contributed by atoms with Crippen molar-refractivity contribution in [3.05, 3.63) is 23.3 Å². The highest BCUT2D eigenvalue weighted by molar-refractivity contribution is 7.85. The third-order valence-electron chi connectivity index (χ3n) is 6.77. The highest BCUT2D eigenvalue weighted by Gasteiger charge is 2.65. The van der Waals surface area contributed by atoms with E-state index in [1.165, 1.54) is 16.5 Å². The molecule has 1 saturated heterocycles. The molecule has 5 atom stereocenters. The Kier molecular flexibility index (Phi) is 4.14. The van der Waals surface area contributed by atoms with Gasteiger partial charge in [-0.2, -0.15) is 5.26 Å². The Balaban J connectivity index is 0.000000490. The van der Waals surface area contributed by atoms with Gasteiger partial charge in [0.2, 0.25) is 0 Å². The van der Waals surface area contributed by atoms with Gasteiger partial charge in [-0.25, -0.2) is 0 Å². The molecule has 2 bridgehead atoms. The molecule has 4 aliphatic rings. The van der Waals surface area contributed by atoms with Gasteiger partial charge in [0.05, 0.1) is 13.2 Å². The molecule has 0 unspecified atom stereocenters. The van der Waals surface area contributed by atoms with Crippen molar-refractivity contribution in [2.45, 2.75) is 49.3 Å². The van der Waals surface area contributed by atoms with Gasteiger partial charge in [-0.3, -0.25) is 0 Å². The first-order chi connectivity index (χ1) is 12.1. The van der Waals surface area contributed by atoms with Crippen LogP contribution >= 0.6 is 12.6 Å². The molecule has 5 rings (SSSR count). The first-order valence-corrected chi connectivity index (χ1v) is 9.31. The number of aliphatic hydroxyl groups is 1. The topological polar surface area (TPSA) is 65.7 Å². The van der Waals surface area contributed by atoms with Gasteiger partial charge >= 0.3 is 0 Å². The van der Waals surface area contributed by atoms with E-state index in [1.54, 1.807) is 7.11 Å². The van der Waals surface area contributed by atoms with Crippen LogP contribution < -0.4 is 9.47 Å². The molecule has 6 heteroatoms. The Morgan fingerprint density at radius 3 is 2.92 bits per heavy atom. The standard InChI is InChI=1S/C18H23NO3.CHNS/c1-19-8-7-18-11-4-5-13(20)17(18)22-16-14(21-2)6-3-10(15(16)18)9-12(11)19;2-1-3/h3,6,11-13,17,20H,4-5,7-9H2,1-2H3;3H/t11-,12+,13-,17-,18-;/m0./s1. The summed E-state index contributed by atoms with van der Waals surface area (Å²) in [5.74, 6) is 2.34. The number of nitriles is 1. The van der Waals surface area contributed by atoms with E-state index in [-0.39, 0.29) is 17.6 Å². The Morgan fingerprint density at radius 2 is 2.20 bits per heavy atom. The lowest BCUT2D eigenvalue weighted by Crippen LogP contribution is -2.66. The van der Waals surface area contributed by atoms with Crippen molar-refractivity contribution in [3.63, 3.8) is 0 Å². The van der Waals surface area contributed by atoms with Crippen molar-refractivity contribution in [2.24, 2.45) is 5.92 Å². The summed E-state index contributed by atoms with van der Waals surface area (Å²) in [7, 11) is 3.96. The molecule has 2 fully saturated rings. The predicted octanol–water partition coefficient (Wildman–Crippen LogP) is 2.12. The van der Waals surface area contributed by atoms with Crippen LogP contribution in [0.4, 0.5) is 0 Å². The van der Waals surface area contributed by atoms with Crippen LogP contribution in [0.5, 0.6) is 11.5 Å². The second-order valence-electron chi connectivity index (χ2n) is 7.56. The summed E-state index contributed by atoms with van der Waals surface area (Å²) in [6, 6.07) is 4.83. The maximum absolute atomic E-state index is 10.6. The van der Waals surface area contributed by atoms with E-state index in [2.05, 4.69) is 30.6 Å². The van der Waals surface area contributed by atoms with E-state index in [1.807, 2.05) is 6.07 Å². The minimum Gasteiger partial charge on any atom is -0.493 e. The highest BCUT2D eigenvalue weighted by Crippen LogP contribution is 2.63. The van der Waals surface area contributed by atoms with Crippen molar-refractivity contribution in [2.75, 3.05) is 20.7 Å². The van der Waals surface area contributed by atoms with E-state index in [0.29, 0.717) is 12.0 Å². The monoisotopic (exact) mass is 360 g/mol. The van der Waals surface area contributed by atoms with Crippen molar-refractivity contribution in [1.82, 2.24) is 4.90 Å². The Bertz CT molecular complexity index is 734. The fourth-order valence-corrected chi connectivity index (χ4v) is 5.86. The van der Waals surface area contributed by atoms with Gasteiger partial charge in [0.15, 0.2) is 11.5 Å². The summed E-state index contributed by atoms with van der Waals surface area (Å²) < 4.78 is 11.9. The van der Waals surface area contributed by atoms with Crippen LogP contribution in [0.25, 0.3) is 0 Å². The van der Waals surface area contributed by atoms with Crippen LogP contribution in [0.1, 0.15) is 30.4 Å². The minimum atomic E-state index is -0.358. The Morgan fingerprint density at radius 1 is 1.44 bits per heavy atom. The van der Waals surface area contributed by atoms with Crippen molar-refractivity contribution >= 4 is 12.6 Å². The van der Waals surface area contributed by atoms with Crippen LogP contribution in [-0.2, 0) is 11.8 Å². The van der Waals surface area contributed by atoms with Crippen molar-refractivity contribution in [1.29, 1.82) is 5.26 Å². The number of hydrogen-bond acceptors (Lipinski definition) is 6. The Labute approximate surface area is 153 Å². The van der Waals surface area contributed by atoms with Gasteiger partial charge in [0.1, 0.15) is 11.5 Å². The molecule has 2 aliphatic heterocycles. The molecule has 5 nitrogen and oxygen atoms in total. The number of likely N-dealkylation sites (N-methyl/N-ethyl adjacent to an activating group) is 1. The molecule has 0 amide bonds. The molecule has 134 valence electrons. The maximum atomic E-state index is 10.6. The van der Waals surface area contributed by atoms with Crippen LogP contribution in [0.3, 0.4) is 0 Å². The molecule has 1 spiro atoms. The molecule has 2 aliphatic carbocycles. The number of likely N-dealkylation sites (tertiary alicyclic amines) is 1. The van der Waals surface area contributed by atoms with Crippen LogP contribution in [0.15, 0.2) is 12.1 Å². The molecule has 0 radical (unpaired) electrons. The molecule has 25 heavy (non-hydrogen) atoms. The third-order valence-corrected chi connectivity index (χ3v) is 6.77. The van der Waals surface area contributed by atoms with Gasteiger partial charge in [-0.05, 0) is 56.8 Å². The van der Waals surface area contributed by atoms with Crippen molar-refractivity contribution < 1.29 is 14.6 Å². The molecule has 1 saturated carbocycles. The maximum Gasteiger partial charge on any atom is 0.165 e. The molecular formula is C19H24N2O3S. The first kappa shape index (κ1) is 17.0. The molecule has 2 heterocycles. The number of thiol groups is 1. The number of ether oxygens (including phenoxy) is 2. The zero-order valence-corrected chi connectivity index (χ0v) is 15.5. The van der Waals surface area contributed by atoms with Crippen LogP contribution in [0.2, 0.25) is 0 Å². The zero-order valence-electron chi connectivity index (χ0n) is 14.6. The largest absolute Gasteiger partial charge is 0.493 e. The summed E-state index contributed by atoms with van der Waals surface area (Å²) in [6.45, 7) is 1.09. The summed E-state index contributed by atoms with van der Waals surface area (Å²) in [5, 5.41) is 19.3. The number of methoxy groups -OCH3 is 1. The lowest BCUT2D eigenvalue weighted by Gasteiger charge is -2.58. The second kappa shape index (κ2) is 6.08. The van der Waals surface area contributed by atoms with E-state index in [9.17, 15) is 5.11 Å². The Hall–Kier alpha value is -1.42. The second-order valence-corrected chi connectivity index (χ2v) is 7.76. The van der Waals surface area contributed by atoms with Gasteiger partial charge < -0.3 is 19.5 Å². The van der Waals surface area contributed by atoms with Crippen LogP contribution in [0, 0.1) is 16.6 Å². The van der Waals surface area contributed by atoms with Gasteiger partial charge in [-0.1, -0.05) is 18.7 Å². The number of benzene rings is 1. The number of piperidine rings is 1. The molecule has 0 aromatic heterocycles. The van der Waals surface area contributed by atoms with E-state index < -0.39 is 0 Å². The summed E-state index contributed by atoms with van der Waals surface area (Å²) in [5.41, 5.74) is 2.77. The fourth-order valence-electron chi connectivity index (χ4n) is 5.86. The lowest BCUT2D eigenvalue weighted by atomic mass is 9.51. The smallest absolute Gasteiger partial charge is 0.165 e. The van der Waals surface area contributed by atoms with Crippen LogP contribution in [-0.4, -0.2) is 49.0 Å². The fraction of sp³-hybridized carbons (Fsp3) is 0.632. The quantitative estimate of drug-likeness (QED) is 0.593. The normalized spacial score (nSPS) is 37.1. The molecular weight excluding hydrogens is 336 g/mol. The summed E-state index contributed by atoms with van der Waals surface area (Å²) in [4.78, 5) is 2.52. The molecule has 1 aromatic carbocycles. The van der Waals surface area contributed by atoms with E-state index in [0.717, 1.165) is 43.7 Å². The summed E-state index contributed by atoms with van der Waals surface area (Å²) in [6.07, 6.45) is 3.69.